The van der Waals surface area contributed by atoms with E-state index in [0.717, 1.165) is 49.4 Å². The molecule has 3 saturated heterocycles. The molecule has 1 amide bonds. The van der Waals surface area contributed by atoms with E-state index >= 15 is 0 Å². The summed E-state index contributed by atoms with van der Waals surface area (Å²) in [5.74, 6) is 1.33. The largest absolute Gasteiger partial charge is 0.493 e. The van der Waals surface area contributed by atoms with E-state index in [4.69, 9.17) is 9.47 Å². The lowest BCUT2D eigenvalue weighted by atomic mass is 9.78. The molecule has 0 aromatic heterocycles. The maximum atomic E-state index is 13.0. The Morgan fingerprint density at radius 3 is 2.65 bits per heavy atom. The first-order valence-corrected chi connectivity index (χ1v) is 12.4. The van der Waals surface area contributed by atoms with Crippen LogP contribution < -0.4 is 10.1 Å². The molecule has 176 valence electrons. The molecule has 4 aliphatic heterocycles. The van der Waals surface area contributed by atoms with E-state index in [1.807, 2.05) is 0 Å². The van der Waals surface area contributed by atoms with Gasteiger partial charge in [0.05, 0.1) is 12.6 Å². The van der Waals surface area contributed by atoms with Gasteiger partial charge in [-0.25, -0.2) is 4.79 Å². The molecule has 5 nitrogen and oxygen atoms in total. The fourth-order valence-electron chi connectivity index (χ4n) is 5.92. The molecule has 3 fully saturated rings. The van der Waals surface area contributed by atoms with E-state index in [0.29, 0.717) is 12.5 Å². The molecule has 0 aliphatic carbocycles. The number of hydrogen-bond donors (Lipinski definition) is 1. The van der Waals surface area contributed by atoms with E-state index in [9.17, 15) is 4.79 Å². The molecule has 3 aromatic rings. The number of amides is 1. The molecule has 1 N–H and O–H groups in total. The van der Waals surface area contributed by atoms with Crippen molar-refractivity contribution in [1.82, 2.24) is 10.2 Å². The van der Waals surface area contributed by atoms with Crippen molar-refractivity contribution in [3.63, 3.8) is 0 Å². The van der Waals surface area contributed by atoms with Crippen LogP contribution in [0.5, 0.6) is 5.75 Å². The Bertz CT molecular complexity index is 1220. The molecule has 1 unspecified atom stereocenters. The number of alkyl carbamates (subject to hydrolysis) is 1. The fraction of sp³-hybridized carbons (Fsp3) is 0.414. The standard InChI is InChI=1S/C29H32N2O3/c1-29(2)18-33-25-16-21(23-9-5-7-19-6-3-4-8-22(19)23)10-11-24(25)27(29)30-28(32)34-26-17-31-14-12-20(26)13-15-31/h3-11,16,20,26-27H,12-15,17-18H2,1-2H3,(H,30,32)/t26-,27?/m0/s1. The van der Waals surface area contributed by atoms with E-state index in [1.165, 1.54) is 16.3 Å². The highest BCUT2D eigenvalue weighted by Crippen LogP contribution is 2.45. The number of fused-ring (bicyclic) bond motifs is 5. The van der Waals surface area contributed by atoms with Crippen LogP contribution in [0.25, 0.3) is 21.9 Å². The van der Waals surface area contributed by atoms with Crippen LogP contribution in [0.1, 0.15) is 38.3 Å². The summed E-state index contributed by atoms with van der Waals surface area (Å²) in [5.41, 5.74) is 3.05. The Morgan fingerprint density at radius 1 is 1.06 bits per heavy atom. The zero-order valence-corrected chi connectivity index (χ0v) is 19.9. The second-order valence-electron chi connectivity index (χ2n) is 10.7. The monoisotopic (exact) mass is 456 g/mol. The molecule has 2 atom stereocenters. The van der Waals surface area contributed by atoms with Gasteiger partial charge in [0, 0.05) is 17.5 Å². The summed E-state index contributed by atoms with van der Waals surface area (Å²) in [6.07, 6.45) is 1.93. The van der Waals surface area contributed by atoms with Crippen molar-refractivity contribution in [1.29, 1.82) is 0 Å². The lowest BCUT2D eigenvalue weighted by Gasteiger charge is -2.44. The first-order chi connectivity index (χ1) is 16.5. The average Bonchev–Trinajstić information content (AvgIpc) is 2.86. The second-order valence-corrected chi connectivity index (χ2v) is 10.7. The van der Waals surface area contributed by atoms with Crippen LogP contribution in [-0.2, 0) is 4.74 Å². The van der Waals surface area contributed by atoms with Gasteiger partial charge in [0.1, 0.15) is 11.9 Å². The zero-order valence-electron chi connectivity index (χ0n) is 19.9. The van der Waals surface area contributed by atoms with Crippen LogP contribution in [0.2, 0.25) is 0 Å². The summed E-state index contributed by atoms with van der Waals surface area (Å²) in [4.78, 5) is 15.4. The third-order valence-electron chi connectivity index (χ3n) is 7.92. The molecular formula is C29H32N2O3. The van der Waals surface area contributed by atoms with Crippen molar-refractivity contribution in [2.45, 2.75) is 38.8 Å². The van der Waals surface area contributed by atoms with Crippen LogP contribution >= 0.6 is 0 Å². The third kappa shape index (κ3) is 3.82. The summed E-state index contributed by atoms with van der Waals surface area (Å²) >= 11 is 0. The summed E-state index contributed by atoms with van der Waals surface area (Å²) in [6, 6.07) is 21.0. The Labute approximate surface area is 201 Å². The maximum Gasteiger partial charge on any atom is 0.407 e. The summed E-state index contributed by atoms with van der Waals surface area (Å²) in [7, 11) is 0. The van der Waals surface area contributed by atoms with E-state index in [1.54, 1.807) is 0 Å². The number of nitrogens with zero attached hydrogens (tertiary/aromatic N) is 1. The number of nitrogens with one attached hydrogen (secondary N) is 1. The number of piperidine rings is 3. The molecule has 34 heavy (non-hydrogen) atoms. The van der Waals surface area contributed by atoms with Gasteiger partial charge in [-0.05, 0) is 59.8 Å². The summed E-state index contributed by atoms with van der Waals surface area (Å²) < 4.78 is 12.2. The van der Waals surface area contributed by atoms with Crippen LogP contribution in [0, 0.1) is 11.3 Å². The molecule has 0 spiro atoms. The topological polar surface area (TPSA) is 50.8 Å². The lowest BCUT2D eigenvalue weighted by Crippen LogP contribution is -2.53. The average molecular weight is 457 g/mol. The van der Waals surface area contributed by atoms with Crippen LogP contribution in [0.4, 0.5) is 4.79 Å². The maximum absolute atomic E-state index is 13.0. The molecule has 0 saturated carbocycles. The van der Waals surface area contributed by atoms with Crippen LogP contribution in [-0.4, -0.2) is 43.3 Å². The number of hydrogen-bond acceptors (Lipinski definition) is 4. The van der Waals surface area contributed by atoms with Crippen LogP contribution in [0.3, 0.4) is 0 Å². The first kappa shape index (κ1) is 21.5. The number of ether oxygens (including phenoxy) is 2. The van der Waals surface area contributed by atoms with Gasteiger partial charge in [0.2, 0.25) is 0 Å². The summed E-state index contributed by atoms with van der Waals surface area (Å²) in [6.45, 7) is 7.92. The van der Waals surface area contributed by atoms with Gasteiger partial charge in [0.15, 0.2) is 0 Å². The number of carbonyl (C=O) groups is 1. The van der Waals surface area contributed by atoms with E-state index < -0.39 is 0 Å². The quantitative estimate of drug-likeness (QED) is 0.542. The molecule has 4 heterocycles. The molecule has 3 aromatic carbocycles. The van der Waals surface area contributed by atoms with Gasteiger partial charge in [-0.1, -0.05) is 68.4 Å². The lowest BCUT2D eigenvalue weighted by molar-refractivity contribution is -0.0361. The zero-order chi connectivity index (χ0) is 23.3. The highest BCUT2D eigenvalue weighted by molar-refractivity contribution is 5.96. The highest BCUT2D eigenvalue weighted by atomic mass is 16.6. The predicted molar refractivity (Wildman–Crippen MR) is 134 cm³/mol. The summed E-state index contributed by atoms with van der Waals surface area (Å²) in [5, 5.41) is 5.64. The molecule has 5 heteroatoms. The Morgan fingerprint density at radius 2 is 1.85 bits per heavy atom. The highest BCUT2D eigenvalue weighted by Gasteiger charge is 2.41. The SMILES string of the molecule is CC1(C)COc2cc(-c3cccc4ccccc34)ccc2C1NC(=O)O[C@H]1CN2CCC1CC2. The van der Waals surface area contributed by atoms with Gasteiger partial charge in [-0.3, -0.25) is 4.90 Å². The Kier molecular flexibility index (Phi) is 5.25. The smallest absolute Gasteiger partial charge is 0.407 e. The number of benzene rings is 3. The van der Waals surface area contributed by atoms with Gasteiger partial charge in [-0.2, -0.15) is 0 Å². The van der Waals surface area contributed by atoms with E-state index in [2.05, 4.69) is 84.7 Å². The Hall–Kier alpha value is -3.05. The fourth-order valence-corrected chi connectivity index (χ4v) is 5.92. The second kappa shape index (κ2) is 8.31. The number of carbonyl (C=O) groups excluding carboxylic acids is 1. The van der Waals surface area contributed by atoms with Crippen molar-refractivity contribution in [3.8, 4) is 16.9 Å². The normalized spacial score (nSPS) is 27.0. The Balaban J connectivity index is 1.26. The molecule has 4 aliphatic rings. The van der Waals surface area contributed by atoms with Crippen molar-refractivity contribution in [2.24, 2.45) is 11.3 Å². The minimum atomic E-state index is -0.317. The van der Waals surface area contributed by atoms with Gasteiger partial charge < -0.3 is 14.8 Å². The molecule has 0 radical (unpaired) electrons. The first-order valence-electron chi connectivity index (χ1n) is 12.4. The predicted octanol–water partition coefficient (Wildman–Crippen LogP) is 5.79. The molecule has 2 bridgehead atoms. The van der Waals surface area contributed by atoms with E-state index in [-0.39, 0.29) is 23.7 Å². The van der Waals surface area contributed by atoms with Crippen molar-refractivity contribution in [3.05, 3.63) is 66.2 Å². The van der Waals surface area contributed by atoms with Crippen molar-refractivity contribution in [2.75, 3.05) is 26.2 Å². The number of rotatable bonds is 3. The van der Waals surface area contributed by atoms with Crippen molar-refractivity contribution >= 4 is 16.9 Å². The van der Waals surface area contributed by atoms with Gasteiger partial charge in [0.25, 0.3) is 0 Å². The van der Waals surface area contributed by atoms with Crippen LogP contribution in [0.15, 0.2) is 60.7 Å². The molecular weight excluding hydrogens is 424 g/mol. The minimum absolute atomic E-state index is 0.00124. The van der Waals surface area contributed by atoms with Crippen molar-refractivity contribution < 1.29 is 14.3 Å². The molecule has 7 rings (SSSR count). The third-order valence-corrected chi connectivity index (χ3v) is 7.92. The van der Waals surface area contributed by atoms with Gasteiger partial charge >= 0.3 is 6.09 Å². The minimum Gasteiger partial charge on any atom is -0.493 e. The van der Waals surface area contributed by atoms with Gasteiger partial charge in [-0.15, -0.1) is 0 Å².